The van der Waals surface area contributed by atoms with E-state index in [1.54, 1.807) is 7.05 Å². The van der Waals surface area contributed by atoms with Gasteiger partial charge in [0.05, 0.1) is 12.1 Å². The van der Waals surface area contributed by atoms with Crippen molar-refractivity contribution in [3.05, 3.63) is 59.7 Å². The van der Waals surface area contributed by atoms with Crippen LogP contribution in [0.1, 0.15) is 15.9 Å². The summed E-state index contributed by atoms with van der Waals surface area (Å²) in [5, 5.41) is 8.81. The van der Waals surface area contributed by atoms with Gasteiger partial charge in [-0.3, -0.25) is 9.79 Å². The monoisotopic (exact) mass is 436 g/mol. The maximum Gasteiger partial charge on any atom is 0.416 e. The van der Waals surface area contributed by atoms with Crippen LogP contribution in [0.15, 0.2) is 53.5 Å². The summed E-state index contributed by atoms with van der Waals surface area (Å²) in [4.78, 5) is 16.2. The molecule has 7 nitrogen and oxygen atoms in total. The van der Waals surface area contributed by atoms with E-state index in [4.69, 9.17) is 9.47 Å². The summed E-state index contributed by atoms with van der Waals surface area (Å²) in [5.74, 6) is 1.47. The lowest BCUT2D eigenvalue weighted by Gasteiger charge is -2.27. The van der Waals surface area contributed by atoms with Crippen LogP contribution in [-0.2, 0) is 6.18 Å². The number of nitrogens with one attached hydrogen (secondary N) is 3. The van der Waals surface area contributed by atoms with Crippen LogP contribution in [0, 0.1) is 0 Å². The number of benzene rings is 2. The Morgan fingerprint density at radius 1 is 1.03 bits per heavy atom. The number of alkyl halides is 3. The molecule has 1 atom stereocenters. The number of carbonyl (C=O) groups is 1. The third kappa shape index (κ3) is 6.27. The van der Waals surface area contributed by atoms with Gasteiger partial charge in [-0.1, -0.05) is 12.1 Å². The van der Waals surface area contributed by atoms with Crippen molar-refractivity contribution in [1.82, 2.24) is 16.0 Å². The predicted molar refractivity (Wildman–Crippen MR) is 109 cm³/mol. The number of hydrogen-bond acceptors (Lipinski definition) is 4. The normalized spacial score (nSPS) is 15.9. The third-order valence-corrected chi connectivity index (χ3v) is 4.47. The van der Waals surface area contributed by atoms with Crippen molar-refractivity contribution in [2.75, 3.05) is 33.3 Å². The van der Waals surface area contributed by atoms with Crippen molar-refractivity contribution in [3.8, 4) is 11.5 Å². The molecule has 1 aliphatic rings. The molecule has 0 spiro atoms. The molecule has 2 aromatic carbocycles. The molecule has 0 saturated heterocycles. The molecule has 2 aromatic rings. The van der Waals surface area contributed by atoms with Gasteiger partial charge in [0.25, 0.3) is 5.91 Å². The molecule has 31 heavy (non-hydrogen) atoms. The number of guanidine groups is 1. The second-order valence-corrected chi connectivity index (χ2v) is 6.71. The van der Waals surface area contributed by atoms with Gasteiger partial charge < -0.3 is 25.4 Å². The van der Waals surface area contributed by atoms with Crippen molar-refractivity contribution in [2.45, 2.75) is 12.3 Å². The summed E-state index contributed by atoms with van der Waals surface area (Å²) in [6, 6.07) is 11.5. The maximum absolute atomic E-state index is 12.6. The number of carbonyl (C=O) groups excluding carboxylic acids is 1. The number of halogens is 3. The molecule has 0 saturated carbocycles. The summed E-state index contributed by atoms with van der Waals surface area (Å²) in [6.07, 6.45) is -4.62. The highest BCUT2D eigenvalue weighted by Crippen LogP contribution is 2.30. The van der Waals surface area contributed by atoms with Crippen LogP contribution in [0.5, 0.6) is 11.5 Å². The molecule has 1 heterocycles. The molecule has 3 N–H and O–H groups in total. The van der Waals surface area contributed by atoms with Crippen LogP contribution < -0.4 is 25.4 Å². The van der Waals surface area contributed by atoms with Gasteiger partial charge >= 0.3 is 6.18 Å². The van der Waals surface area contributed by atoms with Crippen molar-refractivity contribution in [2.24, 2.45) is 4.99 Å². The van der Waals surface area contributed by atoms with Crippen LogP contribution in [0.2, 0.25) is 0 Å². The Labute approximate surface area is 177 Å². The van der Waals surface area contributed by atoms with Crippen LogP contribution >= 0.6 is 0 Å². The average Bonchev–Trinajstić information content (AvgIpc) is 2.77. The second-order valence-electron chi connectivity index (χ2n) is 6.71. The first-order valence-electron chi connectivity index (χ1n) is 9.65. The Morgan fingerprint density at radius 3 is 2.39 bits per heavy atom. The number of fused-ring (bicyclic) bond motifs is 1. The molecule has 0 fully saturated rings. The lowest BCUT2D eigenvalue weighted by Crippen LogP contribution is -2.46. The Hall–Kier alpha value is -3.43. The van der Waals surface area contributed by atoms with Gasteiger partial charge in [-0.25, -0.2) is 0 Å². The minimum absolute atomic E-state index is 0.158. The van der Waals surface area contributed by atoms with E-state index in [0.717, 1.165) is 24.3 Å². The summed E-state index contributed by atoms with van der Waals surface area (Å²) in [7, 11) is 1.61. The summed E-state index contributed by atoms with van der Waals surface area (Å²) in [6.45, 7) is 1.50. The topological polar surface area (TPSA) is 84.0 Å². The highest BCUT2D eigenvalue weighted by atomic mass is 19.4. The Bertz CT molecular complexity index is 917. The molecular weight excluding hydrogens is 413 g/mol. The van der Waals surface area contributed by atoms with Gasteiger partial charge in [0.1, 0.15) is 12.7 Å². The van der Waals surface area contributed by atoms with E-state index in [1.165, 1.54) is 0 Å². The molecule has 1 amide bonds. The molecule has 10 heteroatoms. The quantitative estimate of drug-likeness (QED) is 0.368. The number of hydrogen-bond donors (Lipinski definition) is 3. The SMILES string of the molecule is CN=C(NCCNC(=O)c1ccc(C(F)(F)F)cc1)NCC1COc2ccccc2O1. The number of aliphatic imine (C=N–C) groups is 1. The molecule has 1 aliphatic heterocycles. The third-order valence-electron chi connectivity index (χ3n) is 4.47. The van der Waals surface area contributed by atoms with Gasteiger partial charge in [0.15, 0.2) is 17.5 Å². The highest BCUT2D eigenvalue weighted by Gasteiger charge is 2.30. The number of ether oxygens (including phenoxy) is 2. The lowest BCUT2D eigenvalue weighted by atomic mass is 10.1. The first kappa shape index (κ1) is 22.3. The Kier molecular flexibility index (Phi) is 7.22. The van der Waals surface area contributed by atoms with Crippen molar-refractivity contribution in [3.63, 3.8) is 0 Å². The summed E-state index contributed by atoms with van der Waals surface area (Å²) < 4.78 is 49.3. The second kappa shape index (κ2) is 10.1. The summed E-state index contributed by atoms with van der Waals surface area (Å²) in [5.41, 5.74) is -0.637. The Balaban J connectivity index is 1.37. The number of para-hydroxylation sites is 2. The number of amides is 1. The van der Waals surface area contributed by atoms with Gasteiger partial charge in [-0.15, -0.1) is 0 Å². The zero-order chi connectivity index (χ0) is 22.3. The lowest BCUT2D eigenvalue weighted by molar-refractivity contribution is -0.137. The first-order chi connectivity index (χ1) is 14.9. The van der Waals surface area contributed by atoms with Crippen molar-refractivity contribution < 1.29 is 27.4 Å². The number of rotatable bonds is 6. The van der Waals surface area contributed by atoms with Crippen molar-refractivity contribution in [1.29, 1.82) is 0 Å². The van der Waals surface area contributed by atoms with Crippen molar-refractivity contribution >= 4 is 11.9 Å². The van der Waals surface area contributed by atoms with E-state index in [9.17, 15) is 18.0 Å². The van der Waals surface area contributed by atoms with Gasteiger partial charge in [-0.05, 0) is 36.4 Å². The average molecular weight is 436 g/mol. The zero-order valence-corrected chi connectivity index (χ0v) is 16.8. The maximum atomic E-state index is 12.6. The minimum atomic E-state index is -4.43. The van der Waals surface area contributed by atoms with E-state index < -0.39 is 17.6 Å². The van der Waals surface area contributed by atoms with Gasteiger partial charge in [0.2, 0.25) is 0 Å². The highest BCUT2D eigenvalue weighted by molar-refractivity contribution is 5.94. The van der Waals surface area contributed by atoms with E-state index in [1.807, 2.05) is 24.3 Å². The molecule has 0 bridgehead atoms. The van der Waals surface area contributed by atoms with E-state index in [2.05, 4.69) is 20.9 Å². The minimum Gasteiger partial charge on any atom is -0.486 e. The fraction of sp³-hybridized carbons (Fsp3) is 0.333. The predicted octanol–water partition coefficient (Wildman–Crippen LogP) is 2.44. The van der Waals surface area contributed by atoms with Gasteiger partial charge in [-0.2, -0.15) is 13.2 Å². The fourth-order valence-electron chi connectivity index (χ4n) is 2.86. The molecular formula is C21H23F3N4O3. The standard InChI is InChI=1S/C21H23F3N4O3/c1-25-20(28-12-16-13-30-17-4-2-3-5-18(17)31-16)27-11-10-26-19(29)14-6-8-15(9-7-14)21(22,23)24/h2-9,16H,10-13H2,1H3,(H,26,29)(H2,25,27,28). The summed E-state index contributed by atoms with van der Waals surface area (Å²) >= 11 is 0. The number of nitrogens with zero attached hydrogens (tertiary/aromatic N) is 1. The fourth-order valence-corrected chi connectivity index (χ4v) is 2.86. The Morgan fingerprint density at radius 2 is 1.71 bits per heavy atom. The van der Waals surface area contributed by atoms with Gasteiger partial charge in [0, 0.05) is 25.7 Å². The molecule has 0 aliphatic carbocycles. The molecule has 0 aromatic heterocycles. The van der Waals surface area contributed by atoms with E-state index >= 15 is 0 Å². The van der Waals surface area contributed by atoms with Crippen LogP contribution in [0.25, 0.3) is 0 Å². The molecule has 1 unspecified atom stereocenters. The smallest absolute Gasteiger partial charge is 0.416 e. The molecule has 166 valence electrons. The molecule has 0 radical (unpaired) electrons. The van der Waals surface area contributed by atoms with Crippen LogP contribution in [0.4, 0.5) is 13.2 Å². The van der Waals surface area contributed by atoms with Crippen LogP contribution in [0.3, 0.4) is 0 Å². The van der Waals surface area contributed by atoms with E-state index in [0.29, 0.717) is 37.2 Å². The molecule has 3 rings (SSSR count). The van der Waals surface area contributed by atoms with Crippen LogP contribution in [-0.4, -0.2) is 51.3 Å². The van der Waals surface area contributed by atoms with E-state index in [-0.39, 0.29) is 18.2 Å². The zero-order valence-electron chi connectivity index (χ0n) is 16.8. The first-order valence-corrected chi connectivity index (χ1v) is 9.65. The largest absolute Gasteiger partial charge is 0.486 e.